The highest BCUT2D eigenvalue weighted by molar-refractivity contribution is 5.88. The summed E-state index contributed by atoms with van der Waals surface area (Å²) < 4.78 is 39.5. The molecule has 0 aliphatic carbocycles. The predicted octanol–water partition coefficient (Wildman–Crippen LogP) is 3.08. The molecule has 1 aromatic heterocycles. The first-order valence-corrected chi connectivity index (χ1v) is 7.56. The number of anilines is 1. The fourth-order valence-corrected chi connectivity index (χ4v) is 2.14. The Kier molecular flexibility index (Phi) is 5.53. The Hall–Kier alpha value is -3.04. The lowest BCUT2D eigenvalue weighted by atomic mass is 10.2. The van der Waals surface area contributed by atoms with Crippen LogP contribution in [0.5, 0.6) is 0 Å². The summed E-state index contributed by atoms with van der Waals surface area (Å²) in [5.41, 5.74) is -0.619. The van der Waals surface area contributed by atoms with E-state index >= 15 is 0 Å². The zero-order chi connectivity index (χ0) is 19.5. The van der Waals surface area contributed by atoms with E-state index in [2.05, 4.69) is 10.4 Å². The van der Waals surface area contributed by atoms with Crippen LogP contribution >= 0.6 is 0 Å². The fourth-order valence-electron chi connectivity index (χ4n) is 2.14. The Morgan fingerprint density at radius 1 is 1.35 bits per heavy atom. The van der Waals surface area contributed by atoms with E-state index in [1.807, 2.05) is 0 Å². The lowest BCUT2D eigenvalue weighted by Crippen LogP contribution is -2.36. The van der Waals surface area contributed by atoms with Crippen molar-refractivity contribution in [3.63, 3.8) is 0 Å². The number of rotatable bonds is 5. The van der Waals surface area contributed by atoms with Crippen molar-refractivity contribution >= 4 is 17.8 Å². The molecule has 0 fully saturated rings. The lowest BCUT2D eigenvalue weighted by Gasteiger charge is -2.19. The third-order valence-electron chi connectivity index (χ3n) is 3.58. The third kappa shape index (κ3) is 4.74. The molecule has 2 amide bonds. The minimum absolute atomic E-state index is 0.00446. The van der Waals surface area contributed by atoms with Crippen molar-refractivity contribution in [3.05, 3.63) is 42.1 Å². The first-order chi connectivity index (χ1) is 12.1. The average Bonchev–Trinajstić information content (AvgIpc) is 3.02. The molecule has 0 bridgehead atoms. The number of carbonyl (C=O) groups excluding carboxylic acids is 1. The van der Waals surface area contributed by atoms with Crippen molar-refractivity contribution in [3.8, 4) is 5.69 Å². The fraction of sp³-hybridized carbons (Fsp3) is 0.312. The van der Waals surface area contributed by atoms with Crippen molar-refractivity contribution in [2.75, 3.05) is 18.9 Å². The minimum atomic E-state index is -4.47. The molecule has 1 unspecified atom stereocenters. The molecule has 1 heterocycles. The van der Waals surface area contributed by atoms with E-state index in [4.69, 9.17) is 5.11 Å². The van der Waals surface area contributed by atoms with E-state index in [1.165, 1.54) is 47.9 Å². The second-order valence-electron chi connectivity index (χ2n) is 5.74. The van der Waals surface area contributed by atoms with E-state index in [1.54, 1.807) is 0 Å². The van der Waals surface area contributed by atoms with Gasteiger partial charge in [0, 0.05) is 25.9 Å². The van der Waals surface area contributed by atoms with Gasteiger partial charge in [-0.3, -0.25) is 10.1 Å². The zero-order valence-electron chi connectivity index (χ0n) is 14.0. The van der Waals surface area contributed by atoms with Crippen LogP contribution in [-0.4, -0.2) is 45.4 Å². The van der Waals surface area contributed by atoms with E-state index < -0.39 is 29.7 Å². The molecule has 0 saturated heterocycles. The van der Waals surface area contributed by atoms with Gasteiger partial charge in [-0.25, -0.2) is 9.48 Å². The summed E-state index contributed by atoms with van der Waals surface area (Å²) in [5.74, 6) is -1.64. The number of aromatic nitrogens is 2. The quantitative estimate of drug-likeness (QED) is 0.847. The van der Waals surface area contributed by atoms with Crippen molar-refractivity contribution in [1.29, 1.82) is 0 Å². The van der Waals surface area contributed by atoms with Crippen LogP contribution in [0, 0.1) is 5.92 Å². The van der Waals surface area contributed by atoms with Crippen LogP contribution in [0.25, 0.3) is 5.69 Å². The average molecular weight is 370 g/mol. The third-order valence-corrected chi connectivity index (χ3v) is 3.58. The van der Waals surface area contributed by atoms with Crippen molar-refractivity contribution < 1.29 is 27.9 Å². The molecule has 0 aliphatic rings. The standard InChI is InChI=1S/C16H17F3N4O3/c1-10(14(24)25)9-22(2)15(26)20-13-6-7-23(21-13)12-5-3-4-11(8-12)16(17,18)19/h3-8,10H,9H2,1-2H3,(H,24,25)(H,20,21,26). The van der Waals surface area contributed by atoms with E-state index in [0.29, 0.717) is 0 Å². The number of hydrogen-bond donors (Lipinski definition) is 2. The Morgan fingerprint density at radius 3 is 2.65 bits per heavy atom. The van der Waals surface area contributed by atoms with Crippen LogP contribution in [-0.2, 0) is 11.0 Å². The van der Waals surface area contributed by atoms with Gasteiger partial charge in [0.05, 0.1) is 17.2 Å². The predicted molar refractivity (Wildman–Crippen MR) is 87.0 cm³/mol. The zero-order valence-corrected chi connectivity index (χ0v) is 14.0. The maximum atomic E-state index is 12.8. The largest absolute Gasteiger partial charge is 0.481 e. The Balaban J connectivity index is 2.08. The van der Waals surface area contributed by atoms with Crippen LogP contribution in [0.4, 0.5) is 23.8 Å². The van der Waals surface area contributed by atoms with Gasteiger partial charge in [0.15, 0.2) is 5.82 Å². The number of alkyl halides is 3. The van der Waals surface area contributed by atoms with Crippen LogP contribution in [0.2, 0.25) is 0 Å². The molecule has 1 atom stereocenters. The Labute approximate surface area is 147 Å². The van der Waals surface area contributed by atoms with Crippen molar-refractivity contribution in [2.45, 2.75) is 13.1 Å². The second-order valence-corrected chi connectivity index (χ2v) is 5.74. The number of nitrogens with one attached hydrogen (secondary N) is 1. The topological polar surface area (TPSA) is 87.5 Å². The summed E-state index contributed by atoms with van der Waals surface area (Å²) in [5, 5.41) is 15.3. The van der Waals surface area contributed by atoms with Gasteiger partial charge in [0.25, 0.3) is 0 Å². The molecule has 0 aliphatic heterocycles. The maximum Gasteiger partial charge on any atom is 0.416 e. The summed E-state index contributed by atoms with van der Waals surface area (Å²) in [6, 6.07) is 5.46. The Morgan fingerprint density at radius 2 is 2.04 bits per heavy atom. The van der Waals surface area contributed by atoms with Crippen LogP contribution in [0.3, 0.4) is 0 Å². The molecule has 2 rings (SSSR count). The molecular weight excluding hydrogens is 353 g/mol. The number of amides is 2. The van der Waals surface area contributed by atoms with Gasteiger partial charge in [0.1, 0.15) is 0 Å². The molecule has 140 valence electrons. The first-order valence-electron chi connectivity index (χ1n) is 7.56. The number of benzene rings is 1. The SMILES string of the molecule is CC(CN(C)C(=O)Nc1ccn(-c2cccc(C(F)(F)F)c2)n1)C(=O)O. The van der Waals surface area contributed by atoms with Gasteiger partial charge in [-0.15, -0.1) is 5.10 Å². The normalized spacial score (nSPS) is 12.5. The maximum absolute atomic E-state index is 12.8. The molecule has 0 radical (unpaired) electrons. The van der Waals surface area contributed by atoms with E-state index in [-0.39, 0.29) is 18.1 Å². The van der Waals surface area contributed by atoms with Crippen LogP contribution in [0.15, 0.2) is 36.5 Å². The summed E-state index contributed by atoms with van der Waals surface area (Å²) in [6.45, 7) is 1.46. The number of carboxylic acid groups (broad SMARTS) is 1. The van der Waals surface area contributed by atoms with Crippen molar-refractivity contribution in [2.24, 2.45) is 5.92 Å². The van der Waals surface area contributed by atoms with Crippen molar-refractivity contribution in [1.82, 2.24) is 14.7 Å². The van der Waals surface area contributed by atoms with Gasteiger partial charge in [-0.05, 0) is 18.2 Å². The highest BCUT2D eigenvalue weighted by Crippen LogP contribution is 2.30. The van der Waals surface area contributed by atoms with E-state index in [0.717, 1.165) is 12.1 Å². The molecular formula is C16H17F3N4O3. The molecule has 0 saturated carbocycles. The minimum Gasteiger partial charge on any atom is -0.481 e. The summed E-state index contributed by atoms with van der Waals surface area (Å²) in [7, 11) is 1.43. The number of nitrogens with zero attached hydrogens (tertiary/aromatic N) is 3. The molecule has 1 aromatic carbocycles. The van der Waals surface area contributed by atoms with Gasteiger partial charge < -0.3 is 10.0 Å². The number of carbonyl (C=O) groups is 2. The molecule has 2 N–H and O–H groups in total. The number of hydrogen-bond acceptors (Lipinski definition) is 3. The number of halogens is 3. The molecule has 10 heteroatoms. The number of urea groups is 1. The molecule has 26 heavy (non-hydrogen) atoms. The van der Waals surface area contributed by atoms with Gasteiger partial charge in [-0.1, -0.05) is 13.0 Å². The van der Waals surface area contributed by atoms with Gasteiger partial charge in [-0.2, -0.15) is 13.2 Å². The van der Waals surface area contributed by atoms with Gasteiger partial charge >= 0.3 is 18.2 Å². The monoisotopic (exact) mass is 370 g/mol. The second kappa shape index (κ2) is 7.46. The smallest absolute Gasteiger partial charge is 0.416 e. The summed E-state index contributed by atoms with van der Waals surface area (Å²) in [4.78, 5) is 24.0. The summed E-state index contributed by atoms with van der Waals surface area (Å²) in [6.07, 6.45) is -3.06. The number of carboxylic acids is 1. The molecule has 0 spiro atoms. The lowest BCUT2D eigenvalue weighted by molar-refractivity contribution is -0.141. The first kappa shape index (κ1) is 19.3. The summed E-state index contributed by atoms with van der Waals surface area (Å²) >= 11 is 0. The van der Waals surface area contributed by atoms with Gasteiger partial charge in [0.2, 0.25) is 0 Å². The number of aliphatic carboxylic acids is 1. The van der Waals surface area contributed by atoms with Crippen LogP contribution in [0.1, 0.15) is 12.5 Å². The highest BCUT2D eigenvalue weighted by atomic mass is 19.4. The Bertz CT molecular complexity index is 804. The van der Waals surface area contributed by atoms with E-state index in [9.17, 15) is 22.8 Å². The molecule has 7 nitrogen and oxygen atoms in total. The highest BCUT2D eigenvalue weighted by Gasteiger charge is 2.30. The van der Waals surface area contributed by atoms with Crippen LogP contribution < -0.4 is 5.32 Å². The molecule has 2 aromatic rings.